The molecule has 0 spiro atoms. The average Bonchev–Trinajstić information content (AvgIpc) is 2.62. The molecule has 1 aromatic rings. The predicted octanol–water partition coefficient (Wildman–Crippen LogP) is 3.63. The highest BCUT2D eigenvalue weighted by molar-refractivity contribution is 6.76. The van der Waals surface area contributed by atoms with Crippen molar-refractivity contribution in [3.8, 4) is 0 Å². The molecule has 0 bridgehead atoms. The highest BCUT2D eigenvalue weighted by Gasteiger charge is 2.50. The van der Waals surface area contributed by atoms with Gasteiger partial charge in [-0.3, -0.25) is 10.2 Å². The van der Waals surface area contributed by atoms with Crippen LogP contribution < -0.4 is 0 Å². The van der Waals surface area contributed by atoms with Crippen LogP contribution in [-0.2, 0) is 35.1 Å². The van der Waals surface area contributed by atoms with Crippen LogP contribution in [0.1, 0.15) is 19.4 Å². The molecule has 0 saturated carbocycles. The van der Waals surface area contributed by atoms with Crippen LogP contribution in [0.2, 0.25) is 0 Å². The van der Waals surface area contributed by atoms with Gasteiger partial charge in [0.25, 0.3) is 3.79 Å². The molecule has 0 radical (unpaired) electrons. The zero-order chi connectivity index (χ0) is 20.9. The van der Waals surface area contributed by atoms with E-state index in [0.29, 0.717) is 6.61 Å². The van der Waals surface area contributed by atoms with Crippen LogP contribution in [-0.4, -0.2) is 53.5 Å². The van der Waals surface area contributed by atoms with Crippen LogP contribution in [0.4, 0.5) is 0 Å². The number of carbonyl (C=O) groups is 1. The molecule has 1 aromatic carbocycles. The highest BCUT2D eigenvalue weighted by atomic mass is 35.6. The molecule has 1 aliphatic heterocycles. The average molecular weight is 455 g/mol. The Balaban J connectivity index is 2.18. The molecule has 0 aromatic heterocycles. The van der Waals surface area contributed by atoms with Gasteiger partial charge in [0.2, 0.25) is 12.2 Å². The van der Waals surface area contributed by atoms with Gasteiger partial charge >= 0.3 is 5.97 Å². The Bertz CT molecular complexity index is 669. The van der Waals surface area contributed by atoms with Gasteiger partial charge in [-0.1, -0.05) is 65.1 Å². The molecule has 1 aliphatic rings. The van der Waals surface area contributed by atoms with E-state index in [1.165, 1.54) is 14.0 Å². The minimum Gasteiger partial charge on any atom is -0.453 e. The van der Waals surface area contributed by atoms with E-state index >= 15 is 0 Å². The van der Waals surface area contributed by atoms with Crippen molar-refractivity contribution in [2.75, 3.05) is 7.11 Å². The molecule has 5 atom stereocenters. The van der Waals surface area contributed by atoms with E-state index in [1.807, 2.05) is 30.3 Å². The molecule has 2 rings (SSSR count). The maximum atomic E-state index is 11.6. The van der Waals surface area contributed by atoms with E-state index < -0.39 is 46.4 Å². The number of ether oxygens (including phenoxy) is 5. The van der Waals surface area contributed by atoms with Gasteiger partial charge in [0.1, 0.15) is 12.2 Å². The summed E-state index contributed by atoms with van der Waals surface area (Å²) in [6.07, 6.45) is -4.06. The van der Waals surface area contributed by atoms with Gasteiger partial charge in [0.15, 0.2) is 6.10 Å². The van der Waals surface area contributed by atoms with Crippen LogP contribution in [0.25, 0.3) is 0 Å². The minimum absolute atomic E-state index is 0.307. The lowest BCUT2D eigenvalue weighted by Crippen LogP contribution is -2.60. The van der Waals surface area contributed by atoms with Gasteiger partial charge in [-0.15, -0.1) is 0 Å². The second kappa shape index (κ2) is 10.1. The SMILES string of the molecule is CO[C@@H]1[C@@H](OCc2ccccc2)[C@H](C)O[C@@H](OC(=N)C(Cl)(Cl)Cl)[C@@H]1OC(C)=O. The zero-order valence-corrected chi connectivity index (χ0v) is 17.8. The fraction of sp³-hybridized carbons (Fsp3) is 0.556. The van der Waals surface area contributed by atoms with Crippen molar-refractivity contribution in [3.05, 3.63) is 35.9 Å². The van der Waals surface area contributed by atoms with Crippen molar-refractivity contribution in [1.82, 2.24) is 0 Å². The molecule has 0 amide bonds. The Morgan fingerprint density at radius 1 is 1.14 bits per heavy atom. The van der Waals surface area contributed by atoms with Crippen LogP contribution in [0.15, 0.2) is 30.3 Å². The Kier molecular flexibility index (Phi) is 8.36. The summed E-state index contributed by atoms with van der Waals surface area (Å²) >= 11 is 17.0. The Morgan fingerprint density at radius 2 is 1.79 bits per heavy atom. The van der Waals surface area contributed by atoms with E-state index in [-0.39, 0.29) is 0 Å². The summed E-state index contributed by atoms with van der Waals surface area (Å²) in [5, 5.41) is 7.77. The number of nitrogens with one attached hydrogen (secondary N) is 1. The minimum atomic E-state index is -2.09. The third-order valence-corrected chi connectivity index (χ3v) is 4.59. The normalized spacial score (nSPS) is 27.9. The second-order valence-electron chi connectivity index (χ2n) is 6.19. The van der Waals surface area contributed by atoms with Crippen molar-refractivity contribution >= 4 is 46.7 Å². The largest absolute Gasteiger partial charge is 0.453 e. The Hall–Kier alpha value is -1.09. The summed E-state index contributed by atoms with van der Waals surface area (Å²) in [7, 11) is 1.45. The lowest BCUT2D eigenvalue weighted by Gasteiger charge is -2.44. The first-order valence-corrected chi connectivity index (χ1v) is 9.60. The number of alkyl halides is 3. The summed E-state index contributed by atoms with van der Waals surface area (Å²) in [5.74, 6) is -1.24. The van der Waals surface area contributed by atoms with Gasteiger partial charge in [-0.05, 0) is 12.5 Å². The van der Waals surface area contributed by atoms with Crippen molar-refractivity contribution in [1.29, 1.82) is 5.41 Å². The second-order valence-corrected chi connectivity index (χ2v) is 8.47. The first kappa shape index (κ1) is 23.2. The molecular formula is C18H22Cl3NO6. The van der Waals surface area contributed by atoms with Gasteiger partial charge in [-0.2, -0.15) is 0 Å². The monoisotopic (exact) mass is 453 g/mol. The smallest absolute Gasteiger partial charge is 0.303 e. The first-order valence-electron chi connectivity index (χ1n) is 8.47. The number of methoxy groups -OCH3 is 1. The van der Waals surface area contributed by atoms with E-state index in [2.05, 4.69) is 0 Å². The standard InChI is InChI=1S/C18H22Cl3NO6/c1-10-13(25-9-12-7-5-4-6-8-12)14(24-3)15(27-11(2)23)16(26-10)28-17(22)18(19,20)21/h4-8,10,13-16,22H,9H2,1-3H3/t10-,13-,14+,15+,16-/m0/s1. The predicted molar refractivity (Wildman–Crippen MR) is 105 cm³/mol. The fourth-order valence-corrected chi connectivity index (χ4v) is 2.97. The lowest BCUT2D eigenvalue weighted by atomic mass is 9.99. The topological polar surface area (TPSA) is 87.1 Å². The van der Waals surface area contributed by atoms with Crippen molar-refractivity contribution in [3.63, 3.8) is 0 Å². The Morgan fingerprint density at radius 3 is 2.32 bits per heavy atom. The van der Waals surface area contributed by atoms with Crippen LogP contribution in [0.3, 0.4) is 0 Å². The molecule has 0 aliphatic carbocycles. The molecule has 1 heterocycles. The molecule has 10 heteroatoms. The number of hydrogen-bond donors (Lipinski definition) is 1. The van der Waals surface area contributed by atoms with E-state index in [1.54, 1.807) is 6.92 Å². The zero-order valence-electron chi connectivity index (χ0n) is 15.6. The van der Waals surface area contributed by atoms with Gasteiger partial charge in [0.05, 0.1) is 12.7 Å². The molecule has 28 heavy (non-hydrogen) atoms. The maximum Gasteiger partial charge on any atom is 0.303 e. The first-order chi connectivity index (χ1) is 13.1. The van der Waals surface area contributed by atoms with Gasteiger partial charge < -0.3 is 23.7 Å². The van der Waals surface area contributed by atoms with E-state index in [9.17, 15) is 4.79 Å². The molecule has 0 unspecified atom stereocenters. The quantitative estimate of drug-likeness (QED) is 0.306. The molecule has 1 saturated heterocycles. The number of hydrogen-bond acceptors (Lipinski definition) is 7. The Labute approximate surface area is 178 Å². The number of benzene rings is 1. The number of carbonyl (C=O) groups excluding carboxylic acids is 1. The third-order valence-electron chi connectivity index (χ3n) is 4.08. The summed E-state index contributed by atoms with van der Waals surface area (Å²) in [6, 6.07) is 9.57. The van der Waals surface area contributed by atoms with Crippen LogP contribution in [0, 0.1) is 5.41 Å². The molecule has 156 valence electrons. The van der Waals surface area contributed by atoms with Gasteiger partial charge in [-0.25, -0.2) is 0 Å². The number of rotatable bonds is 6. The summed E-state index contributed by atoms with van der Waals surface area (Å²) in [4.78, 5) is 11.6. The number of halogens is 3. The molecular weight excluding hydrogens is 433 g/mol. The molecule has 1 N–H and O–H groups in total. The highest BCUT2D eigenvalue weighted by Crippen LogP contribution is 2.33. The number of esters is 1. The third kappa shape index (κ3) is 6.20. The lowest BCUT2D eigenvalue weighted by molar-refractivity contribution is -0.290. The molecule has 7 nitrogen and oxygen atoms in total. The van der Waals surface area contributed by atoms with E-state index in [0.717, 1.165) is 5.56 Å². The fourth-order valence-electron chi connectivity index (χ4n) is 2.83. The maximum absolute atomic E-state index is 11.6. The van der Waals surface area contributed by atoms with Crippen molar-refractivity contribution < 1.29 is 28.5 Å². The van der Waals surface area contributed by atoms with E-state index in [4.69, 9.17) is 63.9 Å². The summed E-state index contributed by atoms with van der Waals surface area (Å²) < 4.78 is 25.9. The van der Waals surface area contributed by atoms with Crippen molar-refractivity contribution in [2.45, 2.75) is 55.0 Å². The van der Waals surface area contributed by atoms with Crippen LogP contribution in [0.5, 0.6) is 0 Å². The summed E-state index contributed by atoms with van der Waals surface area (Å²) in [6.45, 7) is 3.30. The summed E-state index contributed by atoms with van der Waals surface area (Å²) in [5.41, 5.74) is 0.963. The molecule has 1 fully saturated rings. The van der Waals surface area contributed by atoms with Gasteiger partial charge in [0, 0.05) is 14.0 Å². The van der Waals surface area contributed by atoms with Crippen molar-refractivity contribution in [2.24, 2.45) is 0 Å². The van der Waals surface area contributed by atoms with Crippen LogP contribution >= 0.6 is 34.8 Å².